The Morgan fingerprint density at radius 1 is 0.903 bits per heavy atom. The van der Waals surface area contributed by atoms with E-state index in [1.54, 1.807) is 18.2 Å². The van der Waals surface area contributed by atoms with Crippen LogP contribution in [0.4, 0.5) is 5.69 Å². The molecule has 0 saturated carbocycles. The van der Waals surface area contributed by atoms with Crippen molar-refractivity contribution in [3.05, 3.63) is 93.5 Å². The molecule has 1 atom stereocenters. The van der Waals surface area contributed by atoms with Crippen molar-refractivity contribution in [2.75, 3.05) is 4.72 Å². The molecule has 1 amide bonds. The maximum absolute atomic E-state index is 12.8. The van der Waals surface area contributed by atoms with Gasteiger partial charge in [-0.15, -0.1) is 0 Å². The van der Waals surface area contributed by atoms with Gasteiger partial charge in [-0.3, -0.25) is 9.52 Å². The van der Waals surface area contributed by atoms with Crippen molar-refractivity contribution in [2.24, 2.45) is 0 Å². The lowest BCUT2D eigenvalue weighted by atomic mass is 9.96. The molecule has 0 aliphatic carbocycles. The van der Waals surface area contributed by atoms with Crippen LogP contribution in [0.2, 0.25) is 5.02 Å². The highest BCUT2D eigenvalue weighted by Gasteiger charge is 2.18. The van der Waals surface area contributed by atoms with Gasteiger partial charge in [-0.05, 0) is 80.3 Å². The Labute approximate surface area is 188 Å². The van der Waals surface area contributed by atoms with Crippen molar-refractivity contribution in [1.29, 1.82) is 0 Å². The van der Waals surface area contributed by atoms with E-state index in [0.717, 1.165) is 16.7 Å². The lowest BCUT2D eigenvalue weighted by molar-refractivity contribution is 0.0940. The van der Waals surface area contributed by atoms with E-state index in [9.17, 15) is 13.2 Å². The second kappa shape index (κ2) is 9.12. The van der Waals surface area contributed by atoms with Crippen molar-refractivity contribution in [3.63, 3.8) is 0 Å². The van der Waals surface area contributed by atoms with Crippen LogP contribution in [0, 0.1) is 20.8 Å². The number of halogens is 1. The zero-order valence-electron chi connectivity index (χ0n) is 17.9. The van der Waals surface area contributed by atoms with Crippen molar-refractivity contribution in [2.45, 2.75) is 38.6 Å². The summed E-state index contributed by atoms with van der Waals surface area (Å²) in [4.78, 5) is 12.9. The average molecular weight is 457 g/mol. The summed E-state index contributed by atoms with van der Waals surface area (Å²) >= 11 is 6.31. The fraction of sp³-hybridized carbons (Fsp3) is 0.208. The Kier molecular flexibility index (Phi) is 6.72. The molecule has 0 aliphatic rings. The van der Waals surface area contributed by atoms with Gasteiger partial charge < -0.3 is 5.32 Å². The largest absolute Gasteiger partial charge is 0.345 e. The summed E-state index contributed by atoms with van der Waals surface area (Å²) in [6.45, 7) is 8.04. The van der Waals surface area contributed by atoms with Gasteiger partial charge in [0.1, 0.15) is 0 Å². The number of hydrogen-bond acceptors (Lipinski definition) is 3. The van der Waals surface area contributed by atoms with Gasteiger partial charge in [-0.2, -0.15) is 0 Å². The smallest absolute Gasteiger partial charge is 0.261 e. The molecule has 162 valence electrons. The first-order valence-corrected chi connectivity index (χ1v) is 11.7. The zero-order chi connectivity index (χ0) is 22.8. The molecule has 0 spiro atoms. The molecule has 0 aliphatic heterocycles. The van der Waals surface area contributed by atoms with E-state index in [1.807, 2.05) is 20.8 Å². The summed E-state index contributed by atoms with van der Waals surface area (Å²) in [5.41, 5.74) is 5.07. The summed E-state index contributed by atoms with van der Waals surface area (Å²) in [6, 6.07) is 16.5. The summed E-state index contributed by atoms with van der Waals surface area (Å²) in [7, 11) is -3.74. The summed E-state index contributed by atoms with van der Waals surface area (Å²) in [5.74, 6) is -0.326. The molecular weight excluding hydrogens is 432 g/mol. The van der Waals surface area contributed by atoms with Gasteiger partial charge in [-0.1, -0.05) is 41.9 Å². The summed E-state index contributed by atoms with van der Waals surface area (Å²) in [6.07, 6.45) is 0. The van der Waals surface area contributed by atoms with E-state index in [2.05, 4.69) is 29.1 Å². The molecule has 0 bridgehead atoms. The van der Waals surface area contributed by atoms with Crippen LogP contribution in [-0.2, 0) is 10.0 Å². The normalized spacial score (nSPS) is 12.3. The predicted octanol–water partition coefficient (Wildman–Crippen LogP) is 5.56. The maximum atomic E-state index is 12.8. The Bertz CT molecular complexity index is 1230. The third-order valence-corrected chi connectivity index (χ3v) is 6.93. The first-order valence-electron chi connectivity index (χ1n) is 9.84. The van der Waals surface area contributed by atoms with Crippen LogP contribution in [0.1, 0.15) is 45.6 Å². The van der Waals surface area contributed by atoms with Crippen molar-refractivity contribution in [1.82, 2.24) is 5.32 Å². The van der Waals surface area contributed by atoms with Crippen LogP contribution in [-0.4, -0.2) is 14.3 Å². The highest BCUT2D eigenvalue weighted by Crippen LogP contribution is 2.26. The number of anilines is 1. The third-order valence-electron chi connectivity index (χ3n) is 5.22. The molecule has 0 fully saturated rings. The molecule has 0 unspecified atom stereocenters. The minimum atomic E-state index is -3.74. The van der Waals surface area contributed by atoms with Gasteiger partial charge in [-0.25, -0.2) is 8.42 Å². The Morgan fingerprint density at radius 2 is 1.55 bits per heavy atom. The van der Waals surface area contributed by atoms with Gasteiger partial charge in [0.25, 0.3) is 15.9 Å². The predicted molar refractivity (Wildman–Crippen MR) is 125 cm³/mol. The summed E-state index contributed by atoms with van der Waals surface area (Å²) in [5, 5.41) is 3.13. The highest BCUT2D eigenvalue weighted by atomic mass is 35.5. The number of nitrogens with one attached hydrogen (secondary N) is 2. The van der Waals surface area contributed by atoms with Crippen molar-refractivity contribution < 1.29 is 13.2 Å². The van der Waals surface area contributed by atoms with Crippen LogP contribution in [0.25, 0.3) is 0 Å². The molecule has 31 heavy (non-hydrogen) atoms. The molecule has 7 heteroatoms. The number of aryl methyl sites for hydroxylation is 3. The highest BCUT2D eigenvalue weighted by molar-refractivity contribution is 7.92. The summed E-state index contributed by atoms with van der Waals surface area (Å²) < 4.78 is 27.5. The van der Waals surface area contributed by atoms with Gasteiger partial charge >= 0.3 is 0 Å². The minimum Gasteiger partial charge on any atom is -0.345 e. The van der Waals surface area contributed by atoms with Crippen LogP contribution in [0.5, 0.6) is 0 Å². The van der Waals surface area contributed by atoms with E-state index in [1.165, 1.54) is 35.9 Å². The number of hydrogen-bond donors (Lipinski definition) is 2. The van der Waals surface area contributed by atoms with Crippen LogP contribution >= 0.6 is 11.6 Å². The third kappa shape index (κ3) is 5.27. The Balaban J connectivity index is 1.77. The van der Waals surface area contributed by atoms with Gasteiger partial charge in [0.05, 0.1) is 27.2 Å². The number of benzene rings is 3. The topological polar surface area (TPSA) is 75.3 Å². The second-order valence-electron chi connectivity index (χ2n) is 7.60. The van der Waals surface area contributed by atoms with E-state index < -0.39 is 10.0 Å². The molecule has 0 radical (unpaired) electrons. The average Bonchev–Trinajstić information content (AvgIpc) is 2.71. The molecule has 0 aromatic heterocycles. The molecule has 0 heterocycles. The van der Waals surface area contributed by atoms with Crippen LogP contribution < -0.4 is 10.0 Å². The number of amides is 1. The first-order chi connectivity index (χ1) is 14.6. The molecular formula is C24H25ClN2O3S. The number of carbonyl (C=O) groups is 1. The van der Waals surface area contributed by atoms with E-state index in [-0.39, 0.29) is 33.1 Å². The SMILES string of the molecule is Cc1cc(C)c([C@H](C)NC(=O)c2ccc(NS(=O)(=O)c3ccccc3)cc2Cl)cc1C. The number of sulfonamides is 1. The first kappa shape index (κ1) is 22.8. The molecule has 3 aromatic carbocycles. The van der Waals surface area contributed by atoms with E-state index in [0.29, 0.717) is 0 Å². The fourth-order valence-corrected chi connectivity index (χ4v) is 4.71. The lowest BCUT2D eigenvalue weighted by Crippen LogP contribution is -2.27. The number of rotatable bonds is 6. The van der Waals surface area contributed by atoms with Crippen molar-refractivity contribution in [3.8, 4) is 0 Å². The fourth-order valence-electron chi connectivity index (χ4n) is 3.38. The van der Waals surface area contributed by atoms with Crippen LogP contribution in [0.3, 0.4) is 0 Å². The van der Waals surface area contributed by atoms with Crippen molar-refractivity contribution >= 4 is 33.2 Å². The van der Waals surface area contributed by atoms with Gasteiger partial charge in [0.2, 0.25) is 0 Å². The Hall–Kier alpha value is -2.83. The lowest BCUT2D eigenvalue weighted by Gasteiger charge is -2.19. The minimum absolute atomic E-state index is 0.144. The van der Waals surface area contributed by atoms with Gasteiger partial charge in [0.15, 0.2) is 0 Å². The number of carbonyl (C=O) groups excluding carboxylic acids is 1. The van der Waals surface area contributed by atoms with Gasteiger partial charge in [0, 0.05) is 0 Å². The molecule has 2 N–H and O–H groups in total. The molecule has 3 rings (SSSR count). The van der Waals surface area contributed by atoms with E-state index in [4.69, 9.17) is 11.6 Å². The van der Waals surface area contributed by atoms with Crippen LogP contribution in [0.15, 0.2) is 65.6 Å². The van der Waals surface area contributed by atoms with E-state index >= 15 is 0 Å². The molecule has 0 saturated heterocycles. The molecule has 3 aromatic rings. The quantitative estimate of drug-likeness (QED) is 0.510. The zero-order valence-corrected chi connectivity index (χ0v) is 19.4. The Morgan fingerprint density at radius 3 is 2.19 bits per heavy atom. The second-order valence-corrected chi connectivity index (χ2v) is 9.69. The monoisotopic (exact) mass is 456 g/mol. The standard InChI is InChI=1S/C24H25ClN2O3S/c1-15-12-17(3)22(13-16(15)2)18(4)26-24(28)21-11-10-19(14-23(21)25)27-31(29,30)20-8-6-5-7-9-20/h5-14,18,27H,1-4H3,(H,26,28)/t18-/m0/s1. The molecule has 5 nitrogen and oxygen atoms in total. The maximum Gasteiger partial charge on any atom is 0.261 e.